The number of nitrogens with zero attached hydrogens (tertiary/aromatic N) is 1. The van der Waals surface area contributed by atoms with Crippen LogP contribution in [0.3, 0.4) is 0 Å². The number of phenols is 1. The average molecular weight is 234 g/mol. The molecule has 1 aromatic heterocycles. The number of aromatic carboxylic acids is 1. The Morgan fingerprint density at radius 3 is 2.82 bits per heavy atom. The van der Waals surface area contributed by atoms with Gasteiger partial charge in [0, 0.05) is 5.56 Å². The quantitative estimate of drug-likeness (QED) is 0.747. The lowest BCUT2D eigenvalue weighted by Gasteiger charge is -2.05. The molecule has 0 atom stereocenters. The van der Waals surface area contributed by atoms with Crippen molar-refractivity contribution in [2.45, 2.75) is 0 Å². The maximum Gasteiger partial charge on any atom is 0.353 e. The molecule has 6 heteroatoms. The van der Waals surface area contributed by atoms with E-state index < -0.39 is 5.97 Å². The molecule has 0 saturated carbocycles. The molecule has 1 heterocycles. The molecule has 0 aliphatic carbocycles. The van der Waals surface area contributed by atoms with E-state index in [0.29, 0.717) is 17.0 Å². The monoisotopic (exact) mass is 234 g/mol. The Labute approximate surface area is 96.5 Å². The number of methoxy groups -OCH3 is 1. The Bertz CT molecular complexity index is 562. The summed E-state index contributed by atoms with van der Waals surface area (Å²) in [6.07, 6.45) is 0. The summed E-state index contributed by atoms with van der Waals surface area (Å²) in [5.41, 5.74) is 0.717. The summed E-state index contributed by atoms with van der Waals surface area (Å²) in [5, 5.41) is 24.8. The molecular weight excluding hydrogens is 224 g/mol. The Morgan fingerprint density at radius 1 is 1.47 bits per heavy atom. The number of aromatic hydroxyl groups is 1. The number of ether oxygens (including phenoxy) is 1. The van der Waals surface area contributed by atoms with Gasteiger partial charge in [-0.25, -0.2) is 4.79 Å². The third-order valence-electron chi connectivity index (χ3n) is 2.30. The van der Waals surface area contributed by atoms with Crippen molar-refractivity contribution in [2.75, 3.05) is 7.11 Å². The van der Waals surface area contributed by atoms with Gasteiger partial charge in [0.05, 0.1) is 12.8 Å². The first-order valence-electron chi connectivity index (χ1n) is 4.78. The van der Waals surface area contributed by atoms with E-state index in [1.807, 2.05) is 0 Å². The number of para-hydroxylation sites is 1. The number of hydrogen-bond donors (Lipinski definition) is 3. The van der Waals surface area contributed by atoms with Gasteiger partial charge in [0.2, 0.25) is 0 Å². The lowest BCUT2D eigenvalue weighted by atomic mass is 10.1. The summed E-state index contributed by atoms with van der Waals surface area (Å²) in [5.74, 6) is -0.869. The largest absolute Gasteiger partial charge is 0.504 e. The van der Waals surface area contributed by atoms with Crippen molar-refractivity contribution in [2.24, 2.45) is 0 Å². The van der Waals surface area contributed by atoms with Crippen LogP contribution >= 0.6 is 0 Å². The smallest absolute Gasteiger partial charge is 0.353 e. The summed E-state index contributed by atoms with van der Waals surface area (Å²) in [6.45, 7) is 0. The van der Waals surface area contributed by atoms with E-state index in [4.69, 9.17) is 9.84 Å². The lowest BCUT2D eigenvalue weighted by Crippen LogP contribution is -1.95. The average Bonchev–Trinajstić information content (AvgIpc) is 2.78. The van der Waals surface area contributed by atoms with Crippen molar-refractivity contribution in [1.29, 1.82) is 0 Å². The topological polar surface area (TPSA) is 95.4 Å². The van der Waals surface area contributed by atoms with Gasteiger partial charge in [-0.2, -0.15) is 5.10 Å². The van der Waals surface area contributed by atoms with Crippen LogP contribution in [-0.2, 0) is 0 Å². The SMILES string of the molecule is COc1cccc(-c2cc(C(=O)O)[nH]n2)c1O. The van der Waals surface area contributed by atoms with Gasteiger partial charge in [-0.15, -0.1) is 0 Å². The van der Waals surface area contributed by atoms with E-state index in [1.165, 1.54) is 13.2 Å². The second kappa shape index (κ2) is 4.17. The van der Waals surface area contributed by atoms with Crippen LogP contribution in [0.25, 0.3) is 11.3 Å². The van der Waals surface area contributed by atoms with Gasteiger partial charge in [-0.05, 0) is 18.2 Å². The summed E-state index contributed by atoms with van der Waals surface area (Å²) < 4.78 is 4.96. The predicted octanol–water partition coefficient (Wildman–Crippen LogP) is 1.49. The fraction of sp³-hybridized carbons (Fsp3) is 0.0909. The zero-order valence-corrected chi connectivity index (χ0v) is 8.97. The predicted molar refractivity (Wildman–Crippen MR) is 59.2 cm³/mol. The van der Waals surface area contributed by atoms with E-state index in [1.54, 1.807) is 18.2 Å². The normalized spacial score (nSPS) is 10.2. The van der Waals surface area contributed by atoms with Crippen LogP contribution in [0, 0.1) is 0 Å². The highest BCUT2D eigenvalue weighted by atomic mass is 16.5. The van der Waals surface area contributed by atoms with Crippen molar-refractivity contribution in [3.8, 4) is 22.8 Å². The lowest BCUT2D eigenvalue weighted by molar-refractivity contribution is 0.0690. The van der Waals surface area contributed by atoms with Crippen LogP contribution in [-0.4, -0.2) is 33.5 Å². The highest BCUT2D eigenvalue weighted by Crippen LogP contribution is 2.35. The zero-order chi connectivity index (χ0) is 12.4. The van der Waals surface area contributed by atoms with Gasteiger partial charge in [-0.1, -0.05) is 6.07 Å². The molecule has 2 rings (SSSR count). The molecule has 3 N–H and O–H groups in total. The van der Waals surface area contributed by atoms with E-state index in [9.17, 15) is 9.90 Å². The number of rotatable bonds is 3. The van der Waals surface area contributed by atoms with Gasteiger partial charge in [-0.3, -0.25) is 5.10 Å². The molecule has 6 nitrogen and oxygen atoms in total. The first-order chi connectivity index (χ1) is 8.13. The number of carbonyl (C=O) groups is 1. The van der Waals surface area contributed by atoms with E-state index >= 15 is 0 Å². The number of phenolic OH excluding ortho intramolecular Hbond substituents is 1. The van der Waals surface area contributed by atoms with Gasteiger partial charge >= 0.3 is 5.97 Å². The number of hydrogen-bond acceptors (Lipinski definition) is 4. The van der Waals surface area contributed by atoms with E-state index in [0.717, 1.165) is 0 Å². The molecule has 88 valence electrons. The molecule has 1 aromatic carbocycles. The molecule has 17 heavy (non-hydrogen) atoms. The third kappa shape index (κ3) is 1.92. The third-order valence-corrected chi connectivity index (χ3v) is 2.30. The van der Waals surface area contributed by atoms with Crippen molar-refractivity contribution in [3.05, 3.63) is 30.0 Å². The number of aromatic amines is 1. The summed E-state index contributed by atoms with van der Waals surface area (Å²) in [4.78, 5) is 10.7. The second-order valence-electron chi connectivity index (χ2n) is 3.33. The summed E-state index contributed by atoms with van der Waals surface area (Å²) in [7, 11) is 1.44. The number of aromatic nitrogens is 2. The molecule has 0 aliphatic heterocycles. The maximum absolute atomic E-state index is 10.7. The minimum absolute atomic E-state index is 0.0396. The minimum Gasteiger partial charge on any atom is -0.504 e. The van der Waals surface area contributed by atoms with E-state index in [2.05, 4.69) is 10.2 Å². The van der Waals surface area contributed by atoms with Crippen LogP contribution in [0.5, 0.6) is 11.5 Å². The Balaban J connectivity index is 2.49. The van der Waals surface area contributed by atoms with Gasteiger partial charge in [0.25, 0.3) is 0 Å². The van der Waals surface area contributed by atoms with Crippen LogP contribution < -0.4 is 4.74 Å². The fourth-order valence-electron chi connectivity index (χ4n) is 1.46. The van der Waals surface area contributed by atoms with Gasteiger partial charge in [0.15, 0.2) is 11.5 Å². The molecule has 0 fully saturated rings. The van der Waals surface area contributed by atoms with Crippen molar-refractivity contribution >= 4 is 5.97 Å². The van der Waals surface area contributed by atoms with Crippen LogP contribution in [0.1, 0.15) is 10.5 Å². The Morgan fingerprint density at radius 2 is 2.24 bits per heavy atom. The number of H-pyrrole nitrogens is 1. The minimum atomic E-state index is -1.11. The first-order valence-corrected chi connectivity index (χ1v) is 4.78. The Hall–Kier alpha value is -2.50. The van der Waals surface area contributed by atoms with E-state index in [-0.39, 0.29) is 11.4 Å². The number of carboxylic acids is 1. The highest BCUT2D eigenvalue weighted by molar-refractivity contribution is 5.87. The standard InChI is InChI=1S/C11H10N2O4/c1-17-9-4-2-3-6(10(9)14)7-5-8(11(15)16)13-12-7/h2-5,14H,1H3,(H,12,13)(H,15,16). The summed E-state index contributed by atoms with van der Waals surface area (Å²) >= 11 is 0. The molecule has 0 unspecified atom stereocenters. The molecular formula is C11H10N2O4. The van der Waals surface area contributed by atoms with Gasteiger partial charge in [0.1, 0.15) is 5.69 Å². The molecule has 0 radical (unpaired) electrons. The van der Waals surface area contributed by atoms with Gasteiger partial charge < -0.3 is 14.9 Å². The number of benzene rings is 1. The van der Waals surface area contributed by atoms with Crippen LogP contribution in [0.15, 0.2) is 24.3 Å². The highest BCUT2D eigenvalue weighted by Gasteiger charge is 2.14. The fourth-order valence-corrected chi connectivity index (χ4v) is 1.46. The van der Waals surface area contributed by atoms with Crippen LogP contribution in [0.4, 0.5) is 0 Å². The molecule has 0 spiro atoms. The number of carboxylic acid groups (broad SMARTS) is 1. The maximum atomic E-state index is 10.7. The van der Waals surface area contributed by atoms with Crippen LogP contribution in [0.2, 0.25) is 0 Å². The molecule has 2 aromatic rings. The van der Waals surface area contributed by atoms with Crippen molar-refractivity contribution in [1.82, 2.24) is 10.2 Å². The molecule has 0 bridgehead atoms. The second-order valence-corrected chi connectivity index (χ2v) is 3.33. The van der Waals surface area contributed by atoms with Crippen molar-refractivity contribution < 1.29 is 19.7 Å². The Kier molecular flexibility index (Phi) is 2.70. The number of nitrogens with one attached hydrogen (secondary N) is 1. The zero-order valence-electron chi connectivity index (χ0n) is 8.97. The molecule has 0 amide bonds. The first kappa shape index (κ1) is 11.0. The molecule has 0 aliphatic rings. The summed E-state index contributed by atoms with van der Waals surface area (Å²) in [6, 6.07) is 6.25. The van der Waals surface area contributed by atoms with Crippen molar-refractivity contribution in [3.63, 3.8) is 0 Å². The molecule has 0 saturated heterocycles.